The van der Waals surface area contributed by atoms with Gasteiger partial charge in [-0.2, -0.15) is 12.7 Å². The Hall–Kier alpha value is -4.47. The lowest BCUT2D eigenvalue weighted by molar-refractivity contribution is 0.0964. The zero-order valence-corrected chi connectivity index (χ0v) is 30.1. The van der Waals surface area contributed by atoms with E-state index in [2.05, 4.69) is 24.9 Å². The molecule has 3 aromatic heterocycles. The van der Waals surface area contributed by atoms with Crippen LogP contribution in [-0.2, 0) is 10.2 Å². The summed E-state index contributed by atoms with van der Waals surface area (Å²) < 4.78 is 60.6. The molecular formula is C35H33Cl2F2N7O4S. The zero-order chi connectivity index (χ0) is 36.6. The lowest BCUT2D eigenvalue weighted by Crippen LogP contribution is -2.41. The number of nitrogens with zero attached hydrogens (tertiary/aromatic N) is 5. The summed E-state index contributed by atoms with van der Waals surface area (Å²) in [5.74, 6) is -3.77. The van der Waals surface area contributed by atoms with E-state index in [1.165, 1.54) is 25.4 Å². The number of halogens is 4. The first-order valence-electron chi connectivity index (χ1n) is 16.0. The van der Waals surface area contributed by atoms with Crippen molar-refractivity contribution in [1.82, 2.24) is 24.2 Å². The maximum absolute atomic E-state index is 15.9. The van der Waals surface area contributed by atoms with Crippen LogP contribution >= 0.6 is 23.2 Å². The smallest absolute Gasteiger partial charge is 0.301 e. The van der Waals surface area contributed by atoms with Crippen LogP contribution < -0.4 is 14.9 Å². The van der Waals surface area contributed by atoms with Crippen LogP contribution in [0, 0.1) is 11.6 Å². The monoisotopic (exact) mass is 755 g/mol. The Balaban J connectivity index is 1.45. The summed E-state index contributed by atoms with van der Waals surface area (Å²) in [5, 5.41) is 3.47. The number of hydrogen-bond acceptors (Lipinski definition) is 8. The molecule has 6 rings (SSSR count). The van der Waals surface area contributed by atoms with Crippen molar-refractivity contribution in [3.63, 3.8) is 0 Å². The van der Waals surface area contributed by atoms with E-state index in [1.54, 1.807) is 25.3 Å². The van der Waals surface area contributed by atoms with Crippen LogP contribution in [0.15, 0.2) is 67.1 Å². The number of aromatic nitrogens is 3. The molecule has 16 heteroatoms. The summed E-state index contributed by atoms with van der Waals surface area (Å²) in [6, 6.07) is 11.9. The van der Waals surface area contributed by atoms with Crippen LogP contribution in [0.3, 0.4) is 0 Å². The van der Waals surface area contributed by atoms with Gasteiger partial charge < -0.3 is 10.2 Å². The Morgan fingerprint density at radius 2 is 1.67 bits per heavy atom. The second kappa shape index (κ2) is 14.6. The van der Waals surface area contributed by atoms with Crippen LogP contribution in [-0.4, -0.2) is 78.7 Å². The van der Waals surface area contributed by atoms with E-state index in [0.29, 0.717) is 17.2 Å². The Bertz CT molecular complexity index is 2240. The third-order valence-corrected chi connectivity index (χ3v) is 11.2. The summed E-state index contributed by atoms with van der Waals surface area (Å²) in [7, 11) is -0.998. The van der Waals surface area contributed by atoms with Gasteiger partial charge in [0, 0.05) is 67.8 Å². The van der Waals surface area contributed by atoms with Crippen molar-refractivity contribution in [2.45, 2.75) is 25.8 Å². The van der Waals surface area contributed by atoms with Gasteiger partial charge in [0.1, 0.15) is 17.3 Å². The SMILES string of the molecule is CCN(C)S(=O)(=O)Nc1ccc(F)c(C(=O)c2cn(C(=O)c3c(Cl)cccc3Cl)c3ncc(-c4ccc(N5CCC(NC)CC5)nc4)cc23)c1F. The van der Waals surface area contributed by atoms with E-state index in [0.717, 1.165) is 59.0 Å². The molecule has 2 N–H and O–H groups in total. The van der Waals surface area contributed by atoms with Gasteiger partial charge in [0.25, 0.3) is 5.91 Å². The number of pyridine rings is 2. The van der Waals surface area contributed by atoms with Crippen LogP contribution in [0.5, 0.6) is 0 Å². The number of piperidine rings is 1. The van der Waals surface area contributed by atoms with Crippen LogP contribution in [0.4, 0.5) is 20.3 Å². The highest BCUT2D eigenvalue weighted by Gasteiger charge is 2.30. The Morgan fingerprint density at radius 1 is 0.980 bits per heavy atom. The van der Waals surface area contributed by atoms with Crippen molar-refractivity contribution in [3.8, 4) is 11.1 Å². The molecule has 0 atom stereocenters. The van der Waals surface area contributed by atoms with E-state index in [4.69, 9.17) is 23.2 Å². The van der Waals surface area contributed by atoms with Gasteiger partial charge in [-0.1, -0.05) is 36.2 Å². The van der Waals surface area contributed by atoms with Gasteiger partial charge >= 0.3 is 10.2 Å². The molecule has 11 nitrogen and oxygen atoms in total. The summed E-state index contributed by atoms with van der Waals surface area (Å²) in [6.07, 6.45) is 6.24. The first kappa shape index (κ1) is 36.3. The molecule has 0 amide bonds. The van der Waals surface area contributed by atoms with E-state index in [9.17, 15) is 18.0 Å². The summed E-state index contributed by atoms with van der Waals surface area (Å²) >= 11 is 12.7. The molecule has 0 radical (unpaired) electrons. The van der Waals surface area contributed by atoms with Crippen molar-refractivity contribution in [2.24, 2.45) is 0 Å². The molecule has 1 aliphatic heterocycles. The number of nitrogens with one attached hydrogen (secondary N) is 2. The maximum atomic E-state index is 15.9. The minimum atomic E-state index is -4.22. The van der Waals surface area contributed by atoms with Crippen molar-refractivity contribution in [2.75, 3.05) is 43.4 Å². The number of ketones is 1. The van der Waals surface area contributed by atoms with E-state index < -0.39 is 44.8 Å². The molecule has 1 saturated heterocycles. The molecule has 1 aliphatic rings. The Kier molecular flexibility index (Phi) is 10.4. The Labute approximate surface area is 303 Å². The van der Waals surface area contributed by atoms with E-state index >= 15 is 8.78 Å². The fraction of sp³-hybridized carbons (Fsp3) is 0.257. The minimum Gasteiger partial charge on any atom is -0.357 e. The first-order chi connectivity index (χ1) is 24.3. The lowest BCUT2D eigenvalue weighted by Gasteiger charge is -2.32. The molecular weight excluding hydrogens is 723 g/mol. The molecule has 0 spiro atoms. The van der Waals surface area contributed by atoms with E-state index in [1.807, 2.05) is 19.2 Å². The topological polar surface area (TPSA) is 130 Å². The molecule has 4 heterocycles. The van der Waals surface area contributed by atoms with Crippen LogP contribution in [0.2, 0.25) is 10.0 Å². The number of rotatable bonds is 10. The number of hydrogen-bond donors (Lipinski definition) is 2. The van der Waals surface area contributed by atoms with Crippen molar-refractivity contribution < 1.29 is 26.8 Å². The van der Waals surface area contributed by atoms with Crippen molar-refractivity contribution in [1.29, 1.82) is 0 Å². The zero-order valence-electron chi connectivity index (χ0n) is 27.8. The van der Waals surface area contributed by atoms with Crippen LogP contribution in [0.25, 0.3) is 22.2 Å². The second-order valence-electron chi connectivity index (χ2n) is 12.0. The number of carbonyl (C=O) groups excluding carboxylic acids is 2. The van der Waals surface area contributed by atoms with Gasteiger partial charge in [0.2, 0.25) is 5.78 Å². The molecule has 0 unspecified atom stereocenters. The predicted molar refractivity (Wildman–Crippen MR) is 194 cm³/mol. The lowest BCUT2D eigenvalue weighted by atomic mass is 10.00. The summed E-state index contributed by atoms with van der Waals surface area (Å²) in [4.78, 5) is 39.4. The average Bonchev–Trinajstić information content (AvgIpc) is 3.51. The van der Waals surface area contributed by atoms with Gasteiger partial charge in [-0.05, 0) is 62.4 Å². The quantitative estimate of drug-likeness (QED) is 0.157. The van der Waals surface area contributed by atoms with Gasteiger partial charge in [0.15, 0.2) is 5.82 Å². The predicted octanol–water partition coefficient (Wildman–Crippen LogP) is 6.40. The van der Waals surface area contributed by atoms with Gasteiger partial charge in [0.05, 0.1) is 32.4 Å². The molecule has 0 saturated carbocycles. The average molecular weight is 757 g/mol. The largest absolute Gasteiger partial charge is 0.357 e. The molecule has 0 aliphatic carbocycles. The molecule has 51 heavy (non-hydrogen) atoms. The molecule has 1 fully saturated rings. The third kappa shape index (κ3) is 7.06. The minimum absolute atomic E-state index is 0.0117. The molecule has 5 aromatic rings. The normalized spacial score (nSPS) is 14.0. The number of anilines is 2. The number of fused-ring (bicyclic) bond motifs is 1. The first-order valence-corrected chi connectivity index (χ1v) is 18.2. The van der Waals surface area contributed by atoms with Crippen LogP contribution in [0.1, 0.15) is 46.0 Å². The van der Waals surface area contributed by atoms with Gasteiger partial charge in [-0.3, -0.25) is 18.9 Å². The highest BCUT2D eigenvalue weighted by Crippen LogP contribution is 2.33. The molecule has 2 aromatic carbocycles. The van der Waals surface area contributed by atoms with Gasteiger partial charge in [-0.15, -0.1) is 0 Å². The van der Waals surface area contributed by atoms with Crippen molar-refractivity contribution in [3.05, 3.63) is 105 Å². The Morgan fingerprint density at radius 3 is 2.29 bits per heavy atom. The molecule has 266 valence electrons. The molecule has 0 bridgehead atoms. The highest BCUT2D eigenvalue weighted by molar-refractivity contribution is 7.90. The number of benzene rings is 2. The van der Waals surface area contributed by atoms with Crippen molar-refractivity contribution >= 4 is 67.6 Å². The second-order valence-corrected chi connectivity index (χ2v) is 14.6. The van der Waals surface area contributed by atoms with Gasteiger partial charge in [-0.25, -0.2) is 18.7 Å². The summed E-state index contributed by atoms with van der Waals surface area (Å²) in [5.41, 5.74) is -0.888. The maximum Gasteiger partial charge on any atom is 0.301 e. The number of carbonyl (C=O) groups is 2. The third-order valence-electron chi connectivity index (χ3n) is 9.00. The fourth-order valence-corrected chi connectivity index (χ4v) is 7.42. The standard InChI is InChI=1S/C35H33Cl2F2N7O4S/c1-4-44(3)51(49,50)43-28-10-9-27(38)31(32(28)39)33(47)24-19-46(35(48)30-25(36)6-5-7-26(30)37)34-23(24)16-21(18-42-34)20-8-11-29(41-17-20)45-14-12-22(40-2)13-15-45/h5-11,16-19,22,40,43H,4,12-15H2,1-3H3. The highest BCUT2D eigenvalue weighted by atomic mass is 35.5. The fourth-order valence-electron chi connectivity index (χ4n) is 5.93. The summed E-state index contributed by atoms with van der Waals surface area (Å²) in [6.45, 7) is 3.33. The van der Waals surface area contributed by atoms with E-state index in [-0.39, 0.29) is 38.8 Å².